The van der Waals surface area contributed by atoms with Gasteiger partial charge in [0.1, 0.15) is 0 Å². The molecule has 2 rings (SSSR count). The summed E-state index contributed by atoms with van der Waals surface area (Å²) in [5, 5.41) is 4.64. The number of likely N-dealkylation sites (tertiary alicyclic amines) is 1. The molecule has 0 atom stereocenters. The number of halogens is 1. The van der Waals surface area contributed by atoms with Crippen LogP contribution in [0.15, 0.2) is 4.47 Å². The zero-order valence-corrected chi connectivity index (χ0v) is 11.9. The highest BCUT2D eigenvalue weighted by Gasteiger charge is 2.22. The minimum atomic E-state index is 0.591. The zero-order valence-electron chi connectivity index (χ0n) is 10.3. The SMILES string of the molecule is CCN1CCC(n2nc(C)c(Br)c2C)CC1. The molecule has 1 aliphatic heterocycles. The molecule has 0 aromatic carbocycles. The van der Waals surface area contributed by atoms with Gasteiger partial charge in [0.15, 0.2) is 0 Å². The number of piperidine rings is 1. The maximum Gasteiger partial charge on any atom is 0.0738 e. The Morgan fingerprint density at radius 2 is 1.94 bits per heavy atom. The van der Waals surface area contributed by atoms with Crippen molar-refractivity contribution in [2.24, 2.45) is 0 Å². The van der Waals surface area contributed by atoms with Crippen LogP contribution < -0.4 is 0 Å². The molecule has 4 heteroatoms. The van der Waals surface area contributed by atoms with Crippen LogP contribution in [0.4, 0.5) is 0 Å². The Bertz CT molecular complexity index is 365. The summed E-state index contributed by atoms with van der Waals surface area (Å²) in [5.41, 5.74) is 2.38. The number of aromatic nitrogens is 2. The first-order valence-electron chi connectivity index (χ1n) is 6.07. The average molecular weight is 286 g/mol. The fourth-order valence-corrected chi connectivity index (χ4v) is 2.74. The fourth-order valence-electron chi connectivity index (χ4n) is 2.48. The minimum absolute atomic E-state index is 0.591. The highest BCUT2D eigenvalue weighted by molar-refractivity contribution is 9.10. The van der Waals surface area contributed by atoms with Gasteiger partial charge in [0.25, 0.3) is 0 Å². The molecule has 1 saturated heterocycles. The zero-order chi connectivity index (χ0) is 11.7. The van der Waals surface area contributed by atoms with Crippen LogP contribution in [0.25, 0.3) is 0 Å². The molecule has 2 heterocycles. The standard InChI is InChI=1S/C12H20BrN3/c1-4-15-7-5-11(6-8-15)16-10(3)12(13)9(2)14-16/h11H,4-8H2,1-3H3. The second-order valence-corrected chi connectivity index (χ2v) is 5.39. The smallest absolute Gasteiger partial charge is 0.0738 e. The molecule has 0 spiro atoms. The quantitative estimate of drug-likeness (QED) is 0.833. The van der Waals surface area contributed by atoms with Gasteiger partial charge in [-0.1, -0.05) is 6.92 Å². The van der Waals surface area contributed by atoms with E-state index in [9.17, 15) is 0 Å². The van der Waals surface area contributed by atoms with Crippen LogP contribution in [0, 0.1) is 13.8 Å². The van der Waals surface area contributed by atoms with Crippen molar-refractivity contribution in [3.05, 3.63) is 15.9 Å². The average Bonchev–Trinajstić information content (AvgIpc) is 2.57. The van der Waals surface area contributed by atoms with E-state index in [-0.39, 0.29) is 0 Å². The Morgan fingerprint density at radius 1 is 1.31 bits per heavy atom. The molecule has 0 saturated carbocycles. The van der Waals surface area contributed by atoms with Crippen molar-refractivity contribution >= 4 is 15.9 Å². The van der Waals surface area contributed by atoms with Gasteiger partial charge in [0.05, 0.1) is 21.9 Å². The van der Waals surface area contributed by atoms with Gasteiger partial charge in [-0.25, -0.2) is 0 Å². The third-order valence-electron chi connectivity index (χ3n) is 3.59. The molecule has 1 aliphatic rings. The van der Waals surface area contributed by atoms with E-state index in [2.05, 4.69) is 51.4 Å². The van der Waals surface area contributed by atoms with Gasteiger partial charge in [-0.3, -0.25) is 4.68 Å². The molecule has 0 amide bonds. The lowest BCUT2D eigenvalue weighted by molar-refractivity contribution is 0.186. The highest BCUT2D eigenvalue weighted by Crippen LogP contribution is 2.28. The summed E-state index contributed by atoms with van der Waals surface area (Å²) in [4.78, 5) is 2.51. The van der Waals surface area contributed by atoms with E-state index in [0.29, 0.717) is 6.04 Å². The van der Waals surface area contributed by atoms with E-state index >= 15 is 0 Å². The van der Waals surface area contributed by atoms with Crippen molar-refractivity contribution in [2.45, 2.75) is 39.7 Å². The van der Waals surface area contributed by atoms with Crippen molar-refractivity contribution in [1.82, 2.24) is 14.7 Å². The normalized spacial score (nSPS) is 19.2. The molecule has 1 aromatic rings. The molecule has 90 valence electrons. The monoisotopic (exact) mass is 285 g/mol. The van der Waals surface area contributed by atoms with Gasteiger partial charge in [-0.15, -0.1) is 0 Å². The van der Waals surface area contributed by atoms with Crippen molar-refractivity contribution in [3.63, 3.8) is 0 Å². The van der Waals surface area contributed by atoms with Crippen molar-refractivity contribution in [2.75, 3.05) is 19.6 Å². The van der Waals surface area contributed by atoms with Crippen LogP contribution in [0.1, 0.15) is 37.2 Å². The Labute approximate surface area is 106 Å². The lowest BCUT2D eigenvalue weighted by Gasteiger charge is -2.31. The summed E-state index contributed by atoms with van der Waals surface area (Å²) >= 11 is 3.60. The first-order chi connectivity index (χ1) is 7.63. The summed E-state index contributed by atoms with van der Waals surface area (Å²) < 4.78 is 3.39. The molecule has 1 fully saturated rings. The van der Waals surface area contributed by atoms with Crippen LogP contribution in [0.3, 0.4) is 0 Å². The fraction of sp³-hybridized carbons (Fsp3) is 0.750. The Balaban J connectivity index is 2.11. The van der Waals surface area contributed by atoms with Gasteiger partial charge in [0, 0.05) is 13.1 Å². The largest absolute Gasteiger partial charge is 0.303 e. The lowest BCUT2D eigenvalue weighted by Crippen LogP contribution is -2.34. The third-order valence-corrected chi connectivity index (χ3v) is 4.73. The predicted octanol–water partition coefficient (Wildman–Crippen LogP) is 2.92. The van der Waals surface area contributed by atoms with Crippen LogP contribution in [-0.4, -0.2) is 34.3 Å². The molecule has 0 unspecified atom stereocenters. The Morgan fingerprint density at radius 3 is 2.38 bits per heavy atom. The van der Waals surface area contributed by atoms with Gasteiger partial charge < -0.3 is 4.90 Å². The molecular formula is C12H20BrN3. The molecular weight excluding hydrogens is 266 g/mol. The summed E-state index contributed by atoms with van der Waals surface area (Å²) in [5.74, 6) is 0. The summed E-state index contributed by atoms with van der Waals surface area (Å²) in [6.07, 6.45) is 2.45. The minimum Gasteiger partial charge on any atom is -0.303 e. The first-order valence-corrected chi connectivity index (χ1v) is 6.86. The second-order valence-electron chi connectivity index (χ2n) is 4.59. The Kier molecular flexibility index (Phi) is 3.70. The van der Waals surface area contributed by atoms with Gasteiger partial charge in [-0.05, 0) is 49.2 Å². The predicted molar refractivity (Wildman–Crippen MR) is 69.8 cm³/mol. The van der Waals surface area contributed by atoms with Crippen molar-refractivity contribution in [3.8, 4) is 0 Å². The highest BCUT2D eigenvalue weighted by atomic mass is 79.9. The number of hydrogen-bond donors (Lipinski definition) is 0. The summed E-state index contributed by atoms with van der Waals surface area (Å²) in [7, 11) is 0. The molecule has 0 N–H and O–H groups in total. The van der Waals surface area contributed by atoms with Gasteiger partial charge in [0.2, 0.25) is 0 Å². The maximum atomic E-state index is 4.64. The molecule has 0 aliphatic carbocycles. The second kappa shape index (κ2) is 4.88. The lowest BCUT2D eigenvalue weighted by atomic mass is 10.1. The van der Waals surface area contributed by atoms with E-state index in [1.165, 1.54) is 42.6 Å². The summed E-state index contributed by atoms with van der Waals surface area (Å²) in [6, 6.07) is 0.591. The number of rotatable bonds is 2. The molecule has 3 nitrogen and oxygen atoms in total. The van der Waals surface area contributed by atoms with E-state index in [1.807, 2.05) is 0 Å². The van der Waals surface area contributed by atoms with E-state index < -0.39 is 0 Å². The topological polar surface area (TPSA) is 21.1 Å². The van der Waals surface area contributed by atoms with Crippen LogP contribution in [0.5, 0.6) is 0 Å². The number of hydrogen-bond acceptors (Lipinski definition) is 2. The first kappa shape index (κ1) is 12.1. The van der Waals surface area contributed by atoms with Crippen LogP contribution in [0.2, 0.25) is 0 Å². The molecule has 0 radical (unpaired) electrons. The van der Waals surface area contributed by atoms with Crippen molar-refractivity contribution in [1.29, 1.82) is 0 Å². The number of aryl methyl sites for hydroxylation is 1. The third kappa shape index (κ3) is 2.18. The molecule has 0 bridgehead atoms. The van der Waals surface area contributed by atoms with E-state index in [1.54, 1.807) is 0 Å². The maximum absolute atomic E-state index is 4.64. The molecule has 1 aromatic heterocycles. The number of nitrogens with zero attached hydrogens (tertiary/aromatic N) is 3. The van der Waals surface area contributed by atoms with E-state index in [4.69, 9.17) is 0 Å². The van der Waals surface area contributed by atoms with Crippen LogP contribution in [-0.2, 0) is 0 Å². The molecule has 16 heavy (non-hydrogen) atoms. The summed E-state index contributed by atoms with van der Waals surface area (Å²) in [6.45, 7) is 10.0. The van der Waals surface area contributed by atoms with Crippen LogP contribution >= 0.6 is 15.9 Å². The van der Waals surface area contributed by atoms with E-state index in [0.717, 1.165) is 5.69 Å². The Hall–Kier alpha value is -0.350. The van der Waals surface area contributed by atoms with Gasteiger partial charge in [-0.2, -0.15) is 5.10 Å². The van der Waals surface area contributed by atoms with Crippen molar-refractivity contribution < 1.29 is 0 Å². The van der Waals surface area contributed by atoms with Gasteiger partial charge >= 0.3 is 0 Å².